The van der Waals surface area contributed by atoms with Gasteiger partial charge in [-0.15, -0.1) is 12.4 Å². The van der Waals surface area contributed by atoms with Gasteiger partial charge in [-0.25, -0.2) is 0 Å². The van der Waals surface area contributed by atoms with Crippen LogP contribution in [0.3, 0.4) is 0 Å². The Kier molecular flexibility index (Phi) is 3.78. The zero-order valence-corrected chi connectivity index (χ0v) is 8.49. The second-order valence-corrected chi connectivity index (χ2v) is 3.16. The Labute approximate surface area is 84.3 Å². The number of rotatable bonds is 1. The Morgan fingerprint density at radius 2 is 2.23 bits per heavy atom. The van der Waals surface area contributed by atoms with Gasteiger partial charge in [0, 0.05) is 19.6 Å². The Bertz CT molecular complexity index is 256. The summed E-state index contributed by atoms with van der Waals surface area (Å²) in [6.45, 7) is 5.01. The summed E-state index contributed by atoms with van der Waals surface area (Å²) in [6.07, 6.45) is 0. The van der Waals surface area contributed by atoms with Crippen LogP contribution in [0.2, 0.25) is 0 Å². The summed E-state index contributed by atoms with van der Waals surface area (Å²) in [4.78, 5) is 0. The van der Waals surface area contributed by atoms with Gasteiger partial charge in [-0.05, 0) is 19.1 Å². The Morgan fingerprint density at radius 3 is 2.77 bits per heavy atom. The fourth-order valence-corrected chi connectivity index (χ4v) is 1.50. The van der Waals surface area contributed by atoms with E-state index in [9.17, 15) is 0 Å². The molecule has 2 heterocycles. The molecule has 1 aromatic rings. The van der Waals surface area contributed by atoms with Gasteiger partial charge >= 0.3 is 0 Å². The highest BCUT2D eigenvalue weighted by atomic mass is 35.5. The van der Waals surface area contributed by atoms with Crippen molar-refractivity contribution in [1.82, 2.24) is 10.6 Å². The lowest BCUT2D eigenvalue weighted by Gasteiger charge is -2.22. The molecule has 1 fully saturated rings. The van der Waals surface area contributed by atoms with E-state index < -0.39 is 0 Å². The Morgan fingerprint density at radius 1 is 1.38 bits per heavy atom. The summed E-state index contributed by atoms with van der Waals surface area (Å²) in [5.74, 6) is 2.03. The molecule has 0 saturated carbocycles. The summed E-state index contributed by atoms with van der Waals surface area (Å²) in [6, 6.07) is 4.40. The summed E-state index contributed by atoms with van der Waals surface area (Å²) in [5, 5.41) is 6.71. The standard InChI is InChI=1S/C9H14N2O.ClH/c1-7-2-3-9(12-7)8-6-10-4-5-11-8;/h2-3,8,10-11H,4-6H2,1H3;1H/t8-;/m1./s1. The molecule has 1 saturated heterocycles. The van der Waals surface area contributed by atoms with Crippen molar-refractivity contribution >= 4 is 12.4 Å². The van der Waals surface area contributed by atoms with E-state index >= 15 is 0 Å². The quantitative estimate of drug-likeness (QED) is 0.720. The highest BCUT2D eigenvalue weighted by Crippen LogP contribution is 2.16. The number of nitrogens with one attached hydrogen (secondary N) is 2. The van der Waals surface area contributed by atoms with Gasteiger partial charge in [0.25, 0.3) is 0 Å². The van der Waals surface area contributed by atoms with Crippen LogP contribution in [0, 0.1) is 6.92 Å². The highest BCUT2D eigenvalue weighted by molar-refractivity contribution is 5.85. The second kappa shape index (κ2) is 4.65. The molecule has 1 atom stereocenters. The summed E-state index contributed by atoms with van der Waals surface area (Å²) in [7, 11) is 0. The minimum atomic E-state index is 0. The first kappa shape index (κ1) is 10.6. The fourth-order valence-electron chi connectivity index (χ4n) is 1.50. The van der Waals surface area contributed by atoms with Gasteiger partial charge in [0.1, 0.15) is 11.5 Å². The molecule has 0 aromatic carbocycles. The van der Waals surface area contributed by atoms with Crippen molar-refractivity contribution in [2.24, 2.45) is 0 Å². The van der Waals surface area contributed by atoms with E-state index in [4.69, 9.17) is 4.42 Å². The lowest BCUT2D eigenvalue weighted by atomic mass is 10.2. The highest BCUT2D eigenvalue weighted by Gasteiger charge is 2.16. The van der Waals surface area contributed by atoms with E-state index in [0.717, 1.165) is 31.2 Å². The van der Waals surface area contributed by atoms with Gasteiger partial charge in [-0.2, -0.15) is 0 Å². The molecule has 1 aliphatic rings. The van der Waals surface area contributed by atoms with Gasteiger partial charge in [0.15, 0.2) is 0 Å². The lowest BCUT2D eigenvalue weighted by Crippen LogP contribution is -2.42. The predicted octanol–water partition coefficient (Wildman–Crippen LogP) is 1.24. The second-order valence-electron chi connectivity index (χ2n) is 3.16. The first-order chi connectivity index (χ1) is 5.86. The van der Waals surface area contributed by atoms with Crippen LogP contribution in [0.5, 0.6) is 0 Å². The molecule has 1 aliphatic heterocycles. The van der Waals surface area contributed by atoms with Crippen LogP contribution in [0.25, 0.3) is 0 Å². The number of hydrogen-bond donors (Lipinski definition) is 2. The first-order valence-electron chi connectivity index (χ1n) is 4.37. The molecule has 2 rings (SSSR count). The Hall–Kier alpha value is -0.510. The van der Waals surface area contributed by atoms with Crippen LogP contribution < -0.4 is 10.6 Å². The maximum absolute atomic E-state index is 5.52. The number of piperazine rings is 1. The van der Waals surface area contributed by atoms with E-state index in [1.54, 1.807) is 0 Å². The third-order valence-corrected chi connectivity index (χ3v) is 2.15. The minimum Gasteiger partial charge on any atom is -0.465 e. The number of halogens is 1. The molecule has 0 radical (unpaired) electrons. The van der Waals surface area contributed by atoms with Crippen LogP contribution in [-0.4, -0.2) is 19.6 Å². The van der Waals surface area contributed by atoms with Crippen molar-refractivity contribution in [2.75, 3.05) is 19.6 Å². The van der Waals surface area contributed by atoms with Crippen molar-refractivity contribution in [2.45, 2.75) is 13.0 Å². The van der Waals surface area contributed by atoms with Gasteiger partial charge in [0.05, 0.1) is 6.04 Å². The average Bonchev–Trinajstić information content (AvgIpc) is 2.54. The molecule has 0 amide bonds. The molecule has 3 nitrogen and oxygen atoms in total. The molecule has 2 N–H and O–H groups in total. The van der Waals surface area contributed by atoms with Gasteiger partial charge in [0.2, 0.25) is 0 Å². The van der Waals surface area contributed by atoms with E-state index in [1.165, 1.54) is 0 Å². The molecule has 0 aliphatic carbocycles. The molecule has 4 heteroatoms. The van der Waals surface area contributed by atoms with Crippen LogP contribution >= 0.6 is 12.4 Å². The van der Waals surface area contributed by atoms with Crippen LogP contribution in [0.4, 0.5) is 0 Å². The first-order valence-corrected chi connectivity index (χ1v) is 4.37. The topological polar surface area (TPSA) is 37.2 Å². The van der Waals surface area contributed by atoms with Crippen LogP contribution in [0.15, 0.2) is 16.5 Å². The smallest absolute Gasteiger partial charge is 0.122 e. The predicted molar refractivity (Wildman–Crippen MR) is 54.3 cm³/mol. The summed E-state index contributed by atoms with van der Waals surface area (Å²) < 4.78 is 5.52. The van der Waals surface area contributed by atoms with Crippen molar-refractivity contribution in [3.05, 3.63) is 23.7 Å². The molecule has 1 aromatic heterocycles. The largest absolute Gasteiger partial charge is 0.465 e. The molecule has 13 heavy (non-hydrogen) atoms. The van der Waals surface area contributed by atoms with E-state index in [2.05, 4.69) is 10.6 Å². The minimum absolute atomic E-state index is 0. The molecule has 0 unspecified atom stereocenters. The third kappa shape index (κ3) is 2.46. The molecular weight excluding hydrogens is 188 g/mol. The average molecular weight is 203 g/mol. The number of hydrogen-bond acceptors (Lipinski definition) is 3. The molecule has 74 valence electrons. The van der Waals surface area contributed by atoms with Gasteiger partial charge < -0.3 is 15.1 Å². The van der Waals surface area contributed by atoms with Crippen LogP contribution in [-0.2, 0) is 0 Å². The molecule has 0 bridgehead atoms. The van der Waals surface area contributed by atoms with Crippen molar-refractivity contribution in [3.8, 4) is 0 Å². The third-order valence-electron chi connectivity index (χ3n) is 2.15. The fraction of sp³-hybridized carbons (Fsp3) is 0.556. The maximum Gasteiger partial charge on any atom is 0.122 e. The zero-order chi connectivity index (χ0) is 8.39. The van der Waals surface area contributed by atoms with E-state index in [-0.39, 0.29) is 12.4 Å². The van der Waals surface area contributed by atoms with Crippen molar-refractivity contribution in [1.29, 1.82) is 0 Å². The van der Waals surface area contributed by atoms with Crippen LogP contribution in [0.1, 0.15) is 17.6 Å². The van der Waals surface area contributed by atoms with Gasteiger partial charge in [-0.1, -0.05) is 0 Å². The normalized spacial score (nSPS) is 22.4. The monoisotopic (exact) mass is 202 g/mol. The maximum atomic E-state index is 5.52. The SMILES string of the molecule is Cc1ccc([C@H]2CNCCN2)o1.Cl. The van der Waals surface area contributed by atoms with Crippen molar-refractivity contribution < 1.29 is 4.42 Å². The Balaban J connectivity index is 0.000000845. The molecular formula is C9H15ClN2O. The summed E-state index contributed by atoms with van der Waals surface area (Å²) >= 11 is 0. The lowest BCUT2D eigenvalue weighted by molar-refractivity contribution is 0.356. The van der Waals surface area contributed by atoms with E-state index in [0.29, 0.717) is 6.04 Å². The van der Waals surface area contributed by atoms with Gasteiger partial charge in [-0.3, -0.25) is 0 Å². The number of aryl methyl sites for hydroxylation is 1. The zero-order valence-electron chi connectivity index (χ0n) is 7.67. The summed E-state index contributed by atoms with van der Waals surface area (Å²) in [5.41, 5.74) is 0. The molecule has 0 spiro atoms. The van der Waals surface area contributed by atoms with E-state index in [1.807, 2.05) is 19.1 Å². The van der Waals surface area contributed by atoms with Crippen molar-refractivity contribution in [3.63, 3.8) is 0 Å². The number of furan rings is 1.